The molecule has 27 heavy (non-hydrogen) atoms. The van der Waals surface area contributed by atoms with E-state index in [1.807, 2.05) is 4.83 Å². The smallest absolute Gasteiger partial charge is 0.266 e. The summed E-state index contributed by atoms with van der Waals surface area (Å²) in [6.07, 6.45) is 0. The van der Waals surface area contributed by atoms with Gasteiger partial charge in [0.25, 0.3) is 15.9 Å². The van der Waals surface area contributed by atoms with Crippen molar-refractivity contribution in [2.45, 2.75) is 4.90 Å². The van der Waals surface area contributed by atoms with Crippen LogP contribution in [0.1, 0.15) is 10.4 Å². The molecule has 1 aliphatic heterocycles. The molecular weight excluding hydrogens is 376 g/mol. The van der Waals surface area contributed by atoms with Gasteiger partial charge in [0.15, 0.2) is 11.5 Å². The van der Waals surface area contributed by atoms with Crippen LogP contribution in [0.15, 0.2) is 41.3 Å². The fraction of sp³-hybridized carbons (Fsp3) is 0.235. The molecule has 10 heteroatoms. The first kappa shape index (κ1) is 18.8. The number of nitrogens with one attached hydrogen (secondary N) is 2. The van der Waals surface area contributed by atoms with Gasteiger partial charge in [-0.1, -0.05) is 0 Å². The van der Waals surface area contributed by atoms with Crippen molar-refractivity contribution in [3.8, 4) is 23.0 Å². The highest BCUT2D eigenvalue weighted by atomic mass is 32.2. The van der Waals surface area contributed by atoms with Crippen molar-refractivity contribution in [1.29, 1.82) is 0 Å². The number of hydrogen-bond donors (Lipinski definition) is 2. The lowest BCUT2D eigenvalue weighted by Crippen LogP contribution is -2.41. The Morgan fingerprint density at radius 2 is 1.74 bits per heavy atom. The maximum Gasteiger partial charge on any atom is 0.266 e. The highest BCUT2D eigenvalue weighted by Crippen LogP contribution is 2.31. The number of carbonyl (C=O) groups excluding carboxylic acids is 1. The van der Waals surface area contributed by atoms with Gasteiger partial charge in [-0.3, -0.25) is 10.2 Å². The zero-order chi connectivity index (χ0) is 19.4. The summed E-state index contributed by atoms with van der Waals surface area (Å²) >= 11 is 0. The Balaban J connectivity index is 1.76. The quantitative estimate of drug-likeness (QED) is 0.706. The highest BCUT2D eigenvalue weighted by Gasteiger charge is 2.22. The summed E-state index contributed by atoms with van der Waals surface area (Å²) < 4.78 is 46.0. The molecule has 0 saturated heterocycles. The van der Waals surface area contributed by atoms with E-state index in [1.165, 1.54) is 38.5 Å². The van der Waals surface area contributed by atoms with E-state index >= 15 is 0 Å². The van der Waals surface area contributed by atoms with Crippen LogP contribution in [0.3, 0.4) is 0 Å². The lowest BCUT2D eigenvalue weighted by molar-refractivity contribution is 0.0944. The van der Waals surface area contributed by atoms with Crippen molar-refractivity contribution in [3.05, 3.63) is 42.0 Å². The van der Waals surface area contributed by atoms with E-state index in [2.05, 4.69) is 5.43 Å². The van der Waals surface area contributed by atoms with E-state index in [4.69, 9.17) is 18.9 Å². The second-order valence-electron chi connectivity index (χ2n) is 5.43. The molecule has 0 saturated carbocycles. The summed E-state index contributed by atoms with van der Waals surface area (Å²) in [5.41, 5.74) is 2.37. The average Bonchev–Trinajstić information content (AvgIpc) is 2.71. The molecule has 1 amide bonds. The fourth-order valence-electron chi connectivity index (χ4n) is 2.42. The Hall–Kier alpha value is -2.98. The monoisotopic (exact) mass is 394 g/mol. The standard InChI is InChI=1S/C17H18N2O7S/c1-23-12-4-6-14(24-2)16(10-12)27(21,22)19-18-17(20)11-3-5-13-15(9-11)26-8-7-25-13/h3-6,9-10,19H,7-8H2,1-2H3,(H,18,20). The first-order chi connectivity index (χ1) is 12.9. The molecule has 0 atom stereocenters. The molecule has 0 fully saturated rings. The number of carbonyl (C=O) groups is 1. The van der Waals surface area contributed by atoms with Crippen molar-refractivity contribution >= 4 is 15.9 Å². The third kappa shape index (κ3) is 4.07. The van der Waals surface area contributed by atoms with Crippen LogP contribution in [-0.2, 0) is 10.0 Å². The maximum atomic E-state index is 12.5. The minimum Gasteiger partial charge on any atom is -0.497 e. The van der Waals surface area contributed by atoms with Crippen LogP contribution in [0.4, 0.5) is 0 Å². The van der Waals surface area contributed by atoms with Crippen LogP contribution < -0.4 is 29.2 Å². The molecule has 0 radical (unpaired) electrons. The molecule has 0 spiro atoms. The van der Waals surface area contributed by atoms with Gasteiger partial charge in [-0.05, 0) is 30.3 Å². The van der Waals surface area contributed by atoms with Gasteiger partial charge in [-0.25, -0.2) is 8.42 Å². The second-order valence-corrected chi connectivity index (χ2v) is 7.09. The summed E-state index contributed by atoms with van der Waals surface area (Å²) in [5, 5.41) is 0. The van der Waals surface area contributed by atoms with Crippen molar-refractivity contribution < 1.29 is 32.2 Å². The number of hydrogen-bond acceptors (Lipinski definition) is 7. The predicted molar refractivity (Wildman–Crippen MR) is 94.8 cm³/mol. The minimum absolute atomic E-state index is 0.108. The predicted octanol–water partition coefficient (Wildman–Crippen LogP) is 1.10. The Kier molecular flexibility index (Phi) is 5.38. The molecule has 144 valence electrons. The molecule has 2 aromatic rings. The van der Waals surface area contributed by atoms with Crippen LogP contribution in [0.2, 0.25) is 0 Å². The van der Waals surface area contributed by atoms with Crippen molar-refractivity contribution in [2.24, 2.45) is 0 Å². The summed E-state index contributed by atoms with van der Waals surface area (Å²) in [4.78, 5) is 14.2. The van der Waals surface area contributed by atoms with Crippen LogP contribution in [-0.4, -0.2) is 41.8 Å². The topological polar surface area (TPSA) is 112 Å². The van der Waals surface area contributed by atoms with Gasteiger partial charge in [0.05, 0.1) is 14.2 Å². The molecular formula is C17H18N2O7S. The van der Waals surface area contributed by atoms with Crippen LogP contribution in [0.25, 0.3) is 0 Å². The molecule has 2 aromatic carbocycles. The van der Waals surface area contributed by atoms with E-state index in [9.17, 15) is 13.2 Å². The van der Waals surface area contributed by atoms with Gasteiger partial charge in [0, 0.05) is 11.6 Å². The maximum absolute atomic E-state index is 12.5. The zero-order valence-corrected chi connectivity index (χ0v) is 15.5. The Labute approximate surface area is 156 Å². The summed E-state index contributed by atoms with van der Waals surface area (Å²) in [5.74, 6) is 0.731. The lowest BCUT2D eigenvalue weighted by atomic mass is 10.2. The van der Waals surface area contributed by atoms with Crippen LogP contribution >= 0.6 is 0 Å². The first-order valence-corrected chi connectivity index (χ1v) is 9.37. The van der Waals surface area contributed by atoms with Crippen molar-refractivity contribution in [1.82, 2.24) is 10.3 Å². The first-order valence-electron chi connectivity index (χ1n) is 7.88. The summed E-state index contributed by atoms with van der Waals surface area (Å²) in [6, 6.07) is 8.87. The number of methoxy groups -OCH3 is 2. The molecule has 2 N–H and O–H groups in total. The number of sulfonamides is 1. The molecule has 1 aliphatic rings. The van der Waals surface area contributed by atoms with Gasteiger partial charge in [-0.2, -0.15) is 0 Å². The van der Waals surface area contributed by atoms with E-state index < -0.39 is 15.9 Å². The number of rotatable bonds is 6. The van der Waals surface area contributed by atoms with E-state index in [-0.39, 0.29) is 16.2 Å². The van der Waals surface area contributed by atoms with E-state index in [1.54, 1.807) is 12.1 Å². The Bertz CT molecular complexity index is 960. The molecule has 0 bridgehead atoms. The second kappa shape index (κ2) is 7.72. The SMILES string of the molecule is COc1ccc(OC)c(S(=O)(=O)NNC(=O)c2ccc3c(c2)OCCO3)c1. The summed E-state index contributed by atoms with van der Waals surface area (Å²) in [7, 11) is -1.35. The van der Waals surface area contributed by atoms with Crippen LogP contribution in [0.5, 0.6) is 23.0 Å². The minimum atomic E-state index is -4.10. The largest absolute Gasteiger partial charge is 0.497 e. The van der Waals surface area contributed by atoms with Crippen molar-refractivity contribution in [3.63, 3.8) is 0 Å². The van der Waals surface area contributed by atoms with Gasteiger partial charge >= 0.3 is 0 Å². The van der Waals surface area contributed by atoms with Gasteiger partial charge in [-0.15, -0.1) is 4.83 Å². The average molecular weight is 394 g/mol. The summed E-state index contributed by atoms with van der Waals surface area (Å²) in [6.45, 7) is 0.807. The zero-order valence-electron chi connectivity index (χ0n) is 14.6. The number of benzene rings is 2. The van der Waals surface area contributed by atoms with Gasteiger partial charge < -0.3 is 18.9 Å². The molecule has 3 rings (SSSR count). The lowest BCUT2D eigenvalue weighted by Gasteiger charge is -2.18. The number of amides is 1. The number of ether oxygens (including phenoxy) is 4. The fourth-order valence-corrected chi connectivity index (χ4v) is 3.44. The highest BCUT2D eigenvalue weighted by molar-refractivity contribution is 7.89. The van der Waals surface area contributed by atoms with Crippen molar-refractivity contribution in [2.75, 3.05) is 27.4 Å². The van der Waals surface area contributed by atoms with E-state index in [0.29, 0.717) is 30.5 Å². The normalized spacial score (nSPS) is 13.0. The van der Waals surface area contributed by atoms with Crippen LogP contribution in [0, 0.1) is 0 Å². The third-order valence-electron chi connectivity index (χ3n) is 3.76. The molecule has 1 heterocycles. The third-order valence-corrected chi connectivity index (χ3v) is 5.03. The van der Waals surface area contributed by atoms with Gasteiger partial charge in [0.2, 0.25) is 0 Å². The van der Waals surface area contributed by atoms with Gasteiger partial charge in [0.1, 0.15) is 29.6 Å². The number of fused-ring (bicyclic) bond motifs is 1. The van der Waals surface area contributed by atoms with E-state index in [0.717, 1.165) is 0 Å². The molecule has 9 nitrogen and oxygen atoms in total. The Morgan fingerprint density at radius 3 is 2.44 bits per heavy atom. The molecule has 0 aliphatic carbocycles. The molecule has 0 aromatic heterocycles. The number of hydrazine groups is 1. The molecule has 0 unspecified atom stereocenters. The Morgan fingerprint density at radius 1 is 1.00 bits per heavy atom.